The molecule has 114 valence electrons. The average molecular weight is 280 g/mol. The molecule has 0 aliphatic heterocycles. The lowest BCUT2D eigenvalue weighted by Crippen LogP contribution is -2.43. The van der Waals surface area contributed by atoms with E-state index in [2.05, 4.69) is 18.9 Å². The fraction of sp³-hybridized carbons (Fsp3) is 0.812. The Balaban J connectivity index is 2.22. The van der Waals surface area contributed by atoms with Gasteiger partial charge < -0.3 is 9.84 Å². The summed E-state index contributed by atoms with van der Waals surface area (Å²) < 4.78 is 7.97. The molecule has 1 aliphatic rings. The molecule has 4 heteroatoms. The molecule has 0 radical (unpaired) electrons. The summed E-state index contributed by atoms with van der Waals surface area (Å²) >= 11 is 0. The summed E-state index contributed by atoms with van der Waals surface area (Å²) in [6, 6.07) is 1.93. The van der Waals surface area contributed by atoms with Gasteiger partial charge in [-0.2, -0.15) is 5.10 Å². The number of rotatable bonds is 6. The standard InChI is InChI=1S/C16H28N2O2/c1-4-12-18-14(8-11-17-18)15(19)16(20-5-2)9-6-13(3)7-10-16/h8,11,13,15,19H,4-7,9-10,12H2,1-3H3. The first-order valence-electron chi connectivity index (χ1n) is 7.96. The molecule has 1 aromatic rings. The second kappa shape index (κ2) is 6.72. The maximum absolute atomic E-state index is 10.9. The molecule has 0 bridgehead atoms. The van der Waals surface area contributed by atoms with Crippen LogP contribution in [0.5, 0.6) is 0 Å². The Kier molecular flexibility index (Phi) is 5.22. The van der Waals surface area contributed by atoms with Gasteiger partial charge in [0.05, 0.1) is 11.3 Å². The quantitative estimate of drug-likeness (QED) is 0.869. The summed E-state index contributed by atoms with van der Waals surface area (Å²) in [6.45, 7) is 7.91. The normalized spacial score (nSPS) is 28.5. The topological polar surface area (TPSA) is 47.3 Å². The van der Waals surface area contributed by atoms with E-state index in [1.54, 1.807) is 6.20 Å². The molecular formula is C16H28N2O2. The number of hydrogen-bond donors (Lipinski definition) is 1. The highest BCUT2D eigenvalue weighted by Crippen LogP contribution is 2.43. The van der Waals surface area contributed by atoms with Gasteiger partial charge in [-0.1, -0.05) is 13.8 Å². The van der Waals surface area contributed by atoms with Crippen LogP contribution in [0, 0.1) is 5.92 Å². The van der Waals surface area contributed by atoms with Gasteiger partial charge in [-0.3, -0.25) is 4.68 Å². The van der Waals surface area contributed by atoms with Crippen LogP contribution in [-0.2, 0) is 11.3 Å². The van der Waals surface area contributed by atoms with E-state index in [0.717, 1.165) is 50.3 Å². The zero-order valence-electron chi connectivity index (χ0n) is 13.0. The Morgan fingerprint density at radius 2 is 2.15 bits per heavy atom. The molecular weight excluding hydrogens is 252 g/mol. The van der Waals surface area contributed by atoms with Crippen molar-refractivity contribution in [2.24, 2.45) is 5.92 Å². The molecule has 0 spiro atoms. The number of aryl methyl sites for hydroxylation is 1. The monoisotopic (exact) mass is 280 g/mol. The molecule has 4 nitrogen and oxygen atoms in total. The summed E-state index contributed by atoms with van der Waals surface area (Å²) in [5.41, 5.74) is 0.474. The number of hydrogen-bond acceptors (Lipinski definition) is 3. The summed E-state index contributed by atoms with van der Waals surface area (Å²) in [6.07, 6.45) is 6.32. The van der Waals surface area contributed by atoms with Crippen LogP contribution in [0.25, 0.3) is 0 Å². The van der Waals surface area contributed by atoms with Crippen LogP contribution in [0.3, 0.4) is 0 Å². The van der Waals surface area contributed by atoms with Crippen molar-refractivity contribution >= 4 is 0 Å². The minimum Gasteiger partial charge on any atom is -0.384 e. The van der Waals surface area contributed by atoms with E-state index >= 15 is 0 Å². The van der Waals surface area contributed by atoms with Crippen molar-refractivity contribution in [1.29, 1.82) is 0 Å². The zero-order valence-corrected chi connectivity index (χ0v) is 13.0. The van der Waals surface area contributed by atoms with Gasteiger partial charge in [0.1, 0.15) is 6.10 Å². The molecule has 0 aromatic carbocycles. The van der Waals surface area contributed by atoms with Crippen LogP contribution in [0.1, 0.15) is 64.7 Å². The molecule has 1 heterocycles. The Labute approximate surface area is 122 Å². The molecule has 1 atom stereocenters. The van der Waals surface area contributed by atoms with Gasteiger partial charge in [0.2, 0.25) is 0 Å². The maximum atomic E-state index is 10.9. The molecule has 1 saturated carbocycles. The van der Waals surface area contributed by atoms with E-state index in [9.17, 15) is 5.11 Å². The van der Waals surface area contributed by atoms with Gasteiger partial charge in [0.25, 0.3) is 0 Å². The first-order chi connectivity index (χ1) is 9.63. The summed E-state index contributed by atoms with van der Waals surface area (Å²) in [4.78, 5) is 0. The Hall–Kier alpha value is -0.870. The smallest absolute Gasteiger partial charge is 0.124 e. The summed E-state index contributed by atoms with van der Waals surface area (Å²) in [5, 5.41) is 15.3. The predicted molar refractivity (Wildman–Crippen MR) is 79.5 cm³/mol. The third-order valence-corrected chi connectivity index (χ3v) is 4.52. The molecule has 0 saturated heterocycles. The summed E-state index contributed by atoms with van der Waals surface area (Å²) in [7, 11) is 0. The number of aliphatic hydroxyl groups excluding tert-OH is 1. The zero-order chi connectivity index (χ0) is 14.6. The van der Waals surface area contributed by atoms with E-state index < -0.39 is 11.7 Å². The molecule has 1 fully saturated rings. The van der Waals surface area contributed by atoms with Crippen molar-refractivity contribution in [1.82, 2.24) is 9.78 Å². The van der Waals surface area contributed by atoms with Crippen molar-refractivity contribution < 1.29 is 9.84 Å². The largest absolute Gasteiger partial charge is 0.384 e. The SMILES string of the molecule is CCCn1nccc1C(O)C1(OCC)CCC(C)CC1. The molecule has 1 aromatic heterocycles. The lowest BCUT2D eigenvalue weighted by molar-refractivity contribution is -0.148. The number of aromatic nitrogens is 2. The lowest BCUT2D eigenvalue weighted by Gasteiger charge is -2.42. The minimum absolute atomic E-state index is 0.424. The number of nitrogens with zero attached hydrogens (tertiary/aromatic N) is 2. The third-order valence-electron chi connectivity index (χ3n) is 4.52. The number of ether oxygens (including phenoxy) is 1. The van der Waals surface area contributed by atoms with Crippen molar-refractivity contribution in [2.75, 3.05) is 6.61 Å². The Morgan fingerprint density at radius 3 is 2.75 bits per heavy atom. The van der Waals surface area contributed by atoms with E-state index in [4.69, 9.17) is 4.74 Å². The molecule has 2 rings (SSSR count). The van der Waals surface area contributed by atoms with Crippen molar-refractivity contribution in [3.05, 3.63) is 18.0 Å². The van der Waals surface area contributed by atoms with Crippen LogP contribution in [-0.4, -0.2) is 27.1 Å². The van der Waals surface area contributed by atoms with Crippen LogP contribution < -0.4 is 0 Å². The van der Waals surface area contributed by atoms with Crippen molar-refractivity contribution in [3.8, 4) is 0 Å². The molecule has 1 unspecified atom stereocenters. The van der Waals surface area contributed by atoms with Crippen molar-refractivity contribution in [2.45, 2.75) is 71.1 Å². The van der Waals surface area contributed by atoms with Gasteiger partial charge in [0, 0.05) is 19.3 Å². The maximum Gasteiger partial charge on any atom is 0.124 e. The van der Waals surface area contributed by atoms with Crippen LogP contribution >= 0.6 is 0 Å². The van der Waals surface area contributed by atoms with Gasteiger partial charge in [-0.05, 0) is 51.0 Å². The Morgan fingerprint density at radius 1 is 1.45 bits per heavy atom. The first-order valence-corrected chi connectivity index (χ1v) is 7.96. The van der Waals surface area contributed by atoms with E-state index in [1.165, 1.54) is 0 Å². The van der Waals surface area contributed by atoms with Crippen LogP contribution in [0.15, 0.2) is 12.3 Å². The molecule has 1 N–H and O–H groups in total. The highest BCUT2D eigenvalue weighted by atomic mass is 16.5. The third kappa shape index (κ3) is 3.07. The van der Waals surface area contributed by atoms with Crippen LogP contribution in [0.4, 0.5) is 0 Å². The minimum atomic E-state index is -0.580. The fourth-order valence-corrected chi connectivity index (χ4v) is 3.28. The number of aliphatic hydroxyl groups is 1. The second-order valence-corrected chi connectivity index (χ2v) is 6.06. The van der Waals surface area contributed by atoms with Gasteiger partial charge in [-0.25, -0.2) is 0 Å². The van der Waals surface area contributed by atoms with Crippen molar-refractivity contribution in [3.63, 3.8) is 0 Å². The lowest BCUT2D eigenvalue weighted by atomic mass is 9.75. The highest BCUT2D eigenvalue weighted by molar-refractivity contribution is 5.11. The molecule has 0 amide bonds. The van der Waals surface area contributed by atoms with E-state index in [0.29, 0.717) is 6.61 Å². The molecule has 20 heavy (non-hydrogen) atoms. The Bertz CT molecular complexity index is 408. The van der Waals surface area contributed by atoms with Gasteiger partial charge >= 0.3 is 0 Å². The van der Waals surface area contributed by atoms with Gasteiger partial charge in [0.15, 0.2) is 0 Å². The summed E-state index contributed by atoms with van der Waals surface area (Å²) in [5.74, 6) is 0.733. The fourth-order valence-electron chi connectivity index (χ4n) is 3.28. The average Bonchev–Trinajstić information content (AvgIpc) is 2.90. The predicted octanol–water partition coefficient (Wildman–Crippen LogP) is 3.31. The molecule has 1 aliphatic carbocycles. The van der Waals surface area contributed by atoms with Gasteiger partial charge in [-0.15, -0.1) is 0 Å². The second-order valence-electron chi connectivity index (χ2n) is 6.06. The highest BCUT2D eigenvalue weighted by Gasteiger charge is 2.43. The first kappa shape index (κ1) is 15.5. The van der Waals surface area contributed by atoms with E-state index in [1.807, 2.05) is 17.7 Å². The van der Waals surface area contributed by atoms with E-state index in [-0.39, 0.29) is 0 Å². The van der Waals surface area contributed by atoms with Crippen LogP contribution in [0.2, 0.25) is 0 Å².